The Labute approximate surface area is 137 Å². The molecule has 0 aliphatic heterocycles. The predicted molar refractivity (Wildman–Crippen MR) is 81.1 cm³/mol. The minimum absolute atomic E-state index is 0.0634. The van der Waals surface area contributed by atoms with E-state index in [4.69, 9.17) is 29.6 Å². The van der Waals surface area contributed by atoms with Gasteiger partial charge in [0.25, 0.3) is 0 Å². The van der Waals surface area contributed by atoms with Gasteiger partial charge < -0.3 is 4.84 Å². The summed E-state index contributed by atoms with van der Waals surface area (Å²) in [6.45, 7) is 5.25. The number of halogens is 4. The van der Waals surface area contributed by atoms with Gasteiger partial charge in [-0.2, -0.15) is 26.4 Å². The molecular weight excluding hydrogens is 357 g/mol. The lowest BCUT2D eigenvalue weighted by atomic mass is 10.0. The second-order valence-electron chi connectivity index (χ2n) is 3.90. The van der Waals surface area contributed by atoms with Gasteiger partial charge in [-0.15, -0.1) is 0 Å². The van der Waals surface area contributed by atoms with E-state index in [0.717, 1.165) is 6.07 Å². The number of nitrogens with zero attached hydrogens (tertiary/aromatic N) is 1. The minimum Gasteiger partial charge on any atom is -0.391 e. The van der Waals surface area contributed by atoms with Crippen molar-refractivity contribution < 1.29 is 26.4 Å². The fourth-order valence-electron chi connectivity index (χ4n) is 1.47. The Morgan fingerprint density at radius 1 is 1.48 bits per heavy atom. The van der Waals surface area contributed by atoms with E-state index in [0.29, 0.717) is 6.42 Å². The number of hydrogen-bond donors (Lipinski definition) is 1. The van der Waals surface area contributed by atoms with E-state index >= 15 is 0 Å². The van der Waals surface area contributed by atoms with Crippen LogP contribution in [0.4, 0.5) is 13.2 Å². The molecule has 5 nitrogen and oxygen atoms in total. The van der Waals surface area contributed by atoms with Gasteiger partial charge in [0.05, 0.1) is 11.3 Å². The van der Waals surface area contributed by atoms with Gasteiger partial charge in [-0.1, -0.05) is 36.3 Å². The summed E-state index contributed by atoms with van der Waals surface area (Å²) in [5.74, 6) is 0. The van der Waals surface area contributed by atoms with Crippen LogP contribution in [0.25, 0.3) is 0 Å². The van der Waals surface area contributed by atoms with Gasteiger partial charge >= 0.3 is 16.7 Å². The maximum atomic E-state index is 12.9. The van der Waals surface area contributed by atoms with E-state index in [9.17, 15) is 13.2 Å². The molecule has 0 aromatic heterocycles. The van der Waals surface area contributed by atoms with Gasteiger partial charge in [0.15, 0.2) is 0 Å². The van der Waals surface area contributed by atoms with Gasteiger partial charge in [0.1, 0.15) is 6.61 Å². The first-order valence-corrected chi connectivity index (χ1v) is 7.56. The number of rotatable bonds is 5. The van der Waals surface area contributed by atoms with Crippen molar-refractivity contribution in [3.05, 3.63) is 47.0 Å². The fraction of sp³-hybridized carbons (Fsp3) is 0.308. The normalized spacial score (nSPS) is 11.3. The van der Waals surface area contributed by atoms with Crippen LogP contribution in [0, 0.1) is 4.78 Å². The number of benzene rings is 1. The summed E-state index contributed by atoms with van der Waals surface area (Å²) in [5.41, 5.74) is -0.650. The van der Waals surface area contributed by atoms with Crippen LogP contribution in [0.3, 0.4) is 0 Å². The molecule has 10 heteroatoms. The molecule has 0 radical (unpaired) electrons. The molecule has 0 amide bonds. The summed E-state index contributed by atoms with van der Waals surface area (Å²) in [7, 11) is -2.61. The average molecular weight is 371 g/mol. The van der Waals surface area contributed by atoms with Crippen LogP contribution >= 0.6 is 11.6 Å². The number of oxime groups is 1. The molecule has 128 valence electrons. The van der Waals surface area contributed by atoms with Gasteiger partial charge in [0, 0.05) is 10.6 Å². The summed E-state index contributed by atoms with van der Waals surface area (Å²) in [4.78, 5) is 4.86. The first kappa shape index (κ1) is 21.1. The van der Waals surface area contributed by atoms with Crippen molar-refractivity contribution >= 4 is 27.8 Å². The topological polar surface area (TPSA) is 79.6 Å². The van der Waals surface area contributed by atoms with Gasteiger partial charge in [-0.05, 0) is 24.6 Å². The quantitative estimate of drug-likeness (QED) is 0.363. The van der Waals surface area contributed by atoms with Crippen LogP contribution in [0.15, 0.2) is 36.0 Å². The number of nitrogens with one attached hydrogen (secondary N) is 1. The van der Waals surface area contributed by atoms with Gasteiger partial charge in [-0.25, -0.2) is 0 Å². The fourth-order valence-corrected chi connectivity index (χ4v) is 1.65. The standard InChI is InChI=1S/C13H13ClF3NO.HNO2S/c1-3-7-19-18-12(4-2)10-8-9(14)5-6-11(10)13(15,16)17;1-4(2)3/h3,5-6,8H,1,4,7H2,2H3;1H/b18-12+;. The highest BCUT2D eigenvalue weighted by Gasteiger charge is 2.34. The Bertz CT molecular complexity index is 666. The molecule has 1 N–H and O–H groups in total. The van der Waals surface area contributed by atoms with Crippen molar-refractivity contribution in [2.45, 2.75) is 19.5 Å². The Hall–Kier alpha value is -1.87. The van der Waals surface area contributed by atoms with Crippen molar-refractivity contribution in [3.8, 4) is 0 Å². The van der Waals surface area contributed by atoms with Crippen LogP contribution in [-0.2, 0) is 21.5 Å². The van der Waals surface area contributed by atoms with Crippen molar-refractivity contribution in [3.63, 3.8) is 0 Å². The molecule has 0 aliphatic rings. The van der Waals surface area contributed by atoms with E-state index < -0.39 is 22.2 Å². The van der Waals surface area contributed by atoms with E-state index in [1.165, 1.54) is 18.2 Å². The predicted octanol–water partition coefficient (Wildman–Crippen LogP) is 4.30. The molecule has 1 aromatic carbocycles. The second-order valence-corrected chi connectivity index (χ2v) is 4.80. The summed E-state index contributed by atoms with van der Waals surface area (Å²) >= 11 is 5.75. The highest BCUT2D eigenvalue weighted by molar-refractivity contribution is 7.60. The Morgan fingerprint density at radius 3 is 2.48 bits per heavy atom. The average Bonchev–Trinajstić information content (AvgIpc) is 2.41. The van der Waals surface area contributed by atoms with Crippen molar-refractivity contribution in [1.29, 1.82) is 4.78 Å². The molecule has 0 saturated carbocycles. The maximum Gasteiger partial charge on any atom is 0.417 e. The third-order valence-corrected chi connectivity index (χ3v) is 2.54. The Morgan fingerprint density at radius 2 is 2.04 bits per heavy atom. The van der Waals surface area contributed by atoms with Crippen LogP contribution in [-0.4, -0.2) is 20.7 Å². The zero-order valence-electron chi connectivity index (χ0n) is 12.0. The Balaban J connectivity index is 0.00000108. The van der Waals surface area contributed by atoms with E-state index in [-0.39, 0.29) is 22.9 Å². The van der Waals surface area contributed by atoms with Crippen molar-refractivity contribution in [1.82, 2.24) is 0 Å². The number of hydrogen-bond acceptors (Lipinski definition) is 5. The van der Waals surface area contributed by atoms with E-state index in [1.807, 2.05) is 0 Å². The third kappa shape index (κ3) is 8.36. The highest BCUT2D eigenvalue weighted by atomic mass is 35.5. The summed E-state index contributed by atoms with van der Waals surface area (Å²) in [5, 5.41) is 3.92. The molecule has 1 rings (SSSR count). The summed E-state index contributed by atoms with van der Waals surface area (Å²) in [6.07, 6.45) is -2.71. The minimum atomic E-state index is -4.46. The molecule has 0 heterocycles. The van der Waals surface area contributed by atoms with Crippen LogP contribution in [0.1, 0.15) is 24.5 Å². The lowest BCUT2D eigenvalue weighted by Gasteiger charge is -2.13. The molecule has 0 spiro atoms. The van der Waals surface area contributed by atoms with Gasteiger partial charge in [-0.3, -0.25) is 0 Å². The zero-order valence-corrected chi connectivity index (χ0v) is 13.6. The van der Waals surface area contributed by atoms with Crippen LogP contribution in [0.5, 0.6) is 0 Å². The molecule has 23 heavy (non-hydrogen) atoms. The lowest BCUT2D eigenvalue weighted by Crippen LogP contribution is -2.13. The Kier molecular flexibility index (Phi) is 9.19. The molecule has 0 bridgehead atoms. The zero-order chi connectivity index (χ0) is 18.0. The molecule has 1 aromatic rings. The molecule has 0 unspecified atom stereocenters. The first-order valence-electron chi connectivity index (χ1n) is 6.10. The van der Waals surface area contributed by atoms with E-state index in [2.05, 4.69) is 11.7 Å². The van der Waals surface area contributed by atoms with Crippen LogP contribution < -0.4 is 0 Å². The molecule has 0 aliphatic carbocycles. The molecule has 0 fully saturated rings. The third-order valence-electron chi connectivity index (χ3n) is 2.30. The van der Waals surface area contributed by atoms with Crippen LogP contribution in [0.2, 0.25) is 5.02 Å². The monoisotopic (exact) mass is 370 g/mol. The lowest BCUT2D eigenvalue weighted by molar-refractivity contribution is -0.137. The molecule has 0 atom stereocenters. The number of alkyl halides is 3. The smallest absolute Gasteiger partial charge is 0.391 e. The molecule has 0 saturated heterocycles. The first-order chi connectivity index (χ1) is 10.6. The second kappa shape index (κ2) is 10.0. The van der Waals surface area contributed by atoms with E-state index in [1.54, 1.807) is 6.92 Å². The SMILES string of the molecule is C=CCO/N=C(\CC)c1cc(Cl)ccc1C(F)(F)F.N=S(=O)=O. The maximum absolute atomic E-state index is 12.9. The van der Waals surface area contributed by atoms with Gasteiger partial charge in [0.2, 0.25) is 0 Å². The molecular formula is C13H14ClF3N2O3S. The van der Waals surface area contributed by atoms with Crippen molar-refractivity contribution in [2.75, 3.05) is 6.61 Å². The summed E-state index contributed by atoms with van der Waals surface area (Å²) < 4.78 is 61.6. The van der Waals surface area contributed by atoms with Crippen molar-refractivity contribution in [2.24, 2.45) is 5.16 Å². The highest BCUT2D eigenvalue weighted by Crippen LogP contribution is 2.34. The largest absolute Gasteiger partial charge is 0.417 e. The summed E-state index contributed by atoms with van der Waals surface area (Å²) in [6, 6.07) is 3.38.